The highest BCUT2D eigenvalue weighted by molar-refractivity contribution is 5.96. The van der Waals surface area contributed by atoms with E-state index in [2.05, 4.69) is 19.2 Å². The van der Waals surface area contributed by atoms with E-state index in [1.165, 1.54) is 12.8 Å². The van der Waals surface area contributed by atoms with E-state index in [-0.39, 0.29) is 5.78 Å². The number of rotatable bonds is 6. The Morgan fingerprint density at radius 2 is 2.05 bits per heavy atom. The van der Waals surface area contributed by atoms with E-state index in [4.69, 9.17) is 4.74 Å². The second kappa shape index (κ2) is 7.44. The second-order valence-corrected chi connectivity index (χ2v) is 5.70. The standard InChI is InChI=1S/C17H25NO2/c1-3-11-20-16-9-7-14(8-10-16)17(19)12-15-6-4-5-13(2)18-15/h7-10,13,15,18H,3-6,11-12H2,1-2H3. The molecule has 1 aromatic carbocycles. The molecule has 1 aromatic rings. The van der Waals surface area contributed by atoms with Gasteiger partial charge in [-0.05, 0) is 50.5 Å². The van der Waals surface area contributed by atoms with Crippen molar-refractivity contribution in [1.29, 1.82) is 0 Å². The summed E-state index contributed by atoms with van der Waals surface area (Å²) in [4.78, 5) is 12.3. The van der Waals surface area contributed by atoms with Crippen LogP contribution in [-0.4, -0.2) is 24.5 Å². The summed E-state index contributed by atoms with van der Waals surface area (Å²) < 4.78 is 5.53. The van der Waals surface area contributed by atoms with Crippen molar-refractivity contribution < 1.29 is 9.53 Å². The van der Waals surface area contributed by atoms with Crippen LogP contribution in [0.2, 0.25) is 0 Å². The Bertz CT molecular complexity index is 427. The number of Topliss-reactive ketones (excluding diaryl/α,β-unsaturated/α-hetero) is 1. The average Bonchev–Trinajstić information content (AvgIpc) is 2.45. The van der Waals surface area contributed by atoms with Gasteiger partial charge in [0.1, 0.15) is 5.75 Å². The normalized spacial score (nSPS) is 22.5. The first-order valence-electron chi connectivity index (χ1n) is 7.71. The molecule has 1 saturated heterocycles. The predicted octanol–water partition coefficient (Wildman–Crippen LogP) is 3.58. The van der Waals surface area contributed by atoms with Crippen LogP contribution >= 0.6 is 0 Å². The summed E-state index contributed by atoms with van der Waals surface area (Å²) >= 11 is 0. The van der Waals surface area contributed by atoms with E-state index < -0.39 is 0 Å². The van der Waals surface area contributed by atoms with Gasteiger partial charge in [0.05, 0.1) is 6.61 Å². The SMILES string of the molecule is CCCOc1ccc(C(=O)CC2CCCC(C)N2)cc1. The van der Waals surface area contributed by atoms with E-state index in [0.29, 0.717) is 18.5 Å². The molecule has 0 aliphatic carbocycles. The zero-order valence-corrected chi connectivity index (χ0v) is 12.5. The summed E-state index contributed by atoms with van der Waals surface area (Å²) in [6, 6.07) is 8.40. The summed E-state index contributed by atoms with van der Waals surface area (Å²) in [6.07, 6.45) is 5.13. The summed E-state index contributed by atoms with van der Waals surface area (Å²) in [6.45, 7) is 4.99. The molecule has 2 rings (SSSR count). The molecule has 20 heavy (non-hydrogen) atoms. The molecule has 0 spiro atoms. The fourth-order valence-electron chi connectivity index (χ4n) is 2.70. The molecule has 2 unspecified atom stereocenters. The fraction of sp³-hybridized carbons (Fsp3) is 0.588. The van der Waals surface area contributed by atoms with Crippen LogP contribution in [0.5, 0.6) is 5.75 Å². The first-order chi connectivity index (χ1) is 9.69. The summed E-state index contributed by atoms with van der Waals surface area (Å²) in [5, 5.41) is 3.51. The molecule has 0 radical (unpaired) electrons. The van der Waals surface area contributed by atoms with Gasteiger partial charge in [0.25, 0.3) is 0 Å². The van der Waals surface area contributed by atoms with Crippen LogP contribution in [0.4, 0.5) is 0 Å². The highest BCUT2D eigenvalue weighted by atomic mass is 16.5. The zero-order valence-electron chi connectivity index (χ0n) is 12.5. The summed E-state index contributed by atoms with van der Waals surface area (Å²) in [7, 11) is 0. The van der Waals surface area contributed by atoms with E-state index in [0.717, 1.165) is 30.8 Å². The number of hydrogen-bond acceptors (Lipinski definition) is 3. The highest BCUT2D eigenvalue weighted by Crippen LogP contribution is 2.18. The molecule has 1 aliphatic rings. The van der Waals surface area contributed by atoms with Gasteiger partial charge < -0.3 is 10.1 Å². The van der Waals surface area contributed by atoms with Crippen LogP contribution < -0.4 is 10.1 Å². The molecule has 0 bridgehead atoms. The Morgan fingerprint density at radius 3 is 2.70 bits per heavy atom. The number of ether oxygens (including phenoxy) is 1. The van der Waals surface area contributed by atoms with Crippen molar-refractivity contribution in [2.75, 3.05) is 6.61 Å². The number of piperidine rings is 1. The van der Waals surface area contributed by atoms with Crippen LogP contribution in [0, 0.1) is 0 Å². The van der Waals surface area contributed by atoms with Crippen molar-refractivity contribution in [3.05, 3.63) is 29.8 Å². The molecule has 110 valence electrons. The molecular formula is C17H25NO2. The van der Waals surface area contributed by atoms with E-state index in [1.54, 1.807) is 0 Å². The van der Waals surface area contributed by atoms with Gasteiger partial charge in [0, 0.05) is 24.1 Å². The van der Waals surface area contributed by atoms with Crippen molar-refractivity contribution in [2.24, 2.45) is 0 Å². The topological polar surface area (TPSA) is 38.3 Å². The maximum Gasteiger partial charge on any atom is 0.164 e. The van der Waals surface area contributed by atoms with Crippen LogP contribution in [0.25, 0.3) is 0 Å². The molecule has 3 heteroatoms. The van der Waals surface area contributed by atoms with E-state index >= 15 is 0 Å². The lowest BCUT2D eigenvalue weighted by atomic mass is 9.94. The van der Waals surface area contributed by atoms with Crippen molar-refractivity contribution in [1.82, 2.24) is 5.32 Å². The number of benzene rings is 1. The quantitative estimate of drug-likeness (QED) is 0.806. The van der Waals surface area contributed by atoms with Gasteiger partial charge in [0.2, 0.25) is 0 Å². The third-order valence-electron chi connectivity index (χ3n) is 3.79. The molecule has 1 fully saturated rings. The molecule has 0 aromatic heterocycles. The van der Waals surface area contributed by atoms with Crippen LogP contribution in [0.15, 0.2) is 24.3 Å². The lowest BCUT2D eigenvalue weighted by Gasteiger charge is -2.28. The van der Waals surface area contributed by atoms with Crippen molar-refractivity contribution in [2.45, 2.75) is 58.0 Å². The van der Waals surface area contributed by atoms with Gasteiger partial charge in [0.15, 0.2) is 5.78 Å². The predicted molar refractivity (Wildman–Crippen MR) is 81.4 cm³/mol. The number of carbonyl (C=O) groups is 1. The van der Waals surface area contributed by atoms with Crippen molar-refractivity contribution >= 4 is 5.78 Å². The minimum atomic E-state index is 0.221. The summed E-state index contributed by atoms with van der Waals surface area (Å²) in [5.41, 5.74) is 0.786. The lowest BCUT2D eigenvalue weighted by Crippen LogP contribution is -2.41. The van der Waals surface area contributed by atoms with Gasteiger partial charge in [-0.2, -0.15) is 0 Å². The third-order valence-corrected chi connectivity index (χ3v) is 3.79. The maximum atomic E-state index is 12.3. The molecule has 3 nitrogen and oxygen atoms in total. The van der Waals surface area contributed by atoms with Gasteiger partial charge in [-0.25, -0.2) is 0 Å². The smallest absolute Gasteiger partial charge is 0.164 e. The Balaban J connectivity index is 1.88. The molecule has 0 amide bonds. The lowest BCUT2D eigenvalue weighted by molar-refractivity contribution is 0.0960. The Hall–Kier alpha value is -1.35. The zero-order chi connectivity index (χ0) is 14.4. The third kappa shape index (κ3) is 4.34. The van der Waals surface area contributed by atoms with Gasteiger partial charge in [-0.1, -0.05) is 13.3 Å². The molecular weight excluding hydrogens is 250 g/mol. The fourth-order valence-corrected chi connectivity index (χ4v) is 2.70. The molecule has 1 heterocycles. The number of carbonyl (C=O) groups excluding carboxylic acids is 1. The highest BCUT2D eigenvalue weighted by Gasteiger charge is 2.20. The number of ketones is 1. The second-order valence-electron chi connectivity index (χ2n) is 5.70. The van der Waals surface area contributed by atoms with E-state index in [1.807, 2.05) is 24.3 Å². The maximum absolute atomic E-state index is 12.3. The first kappa shape index (κ1) is 15.0. The van der Waals surface area contributed by atoms with Crippen molar-refractivity contribution in [3.8, 4) is 5.75 Å². The minimum absolute atomic E-state index is 0.221. The average molecular weight is 275 g/mol. The Morgan fingerprint density at radius 1 is 1.30 bits per heavy atom. The Labute approximate surface area is 121 Å². The van der Waals surface area contributed by atoms with Crippen LogP contribution in [0.1, 0.15) is 56.3 Å². The number of nitrogens with one attached hydrogen (secondary N) is 1. The molecule has 1 aliphatic heterocycles. The first-order valence-corrected chi connectivity index (χ1v) is 7.71. The monoisotopic (exact) mass is 275 g/mol. The van der Waals surface area contributed by atoms with E-state index in [9.17, 15) is 4.79 Å². The molecule has 0 saturated carbocycles. The van der Waals surface area contributed by atoms with Crippen molar-refractivity contribution in [3.63, 3.8) is 0 Å². The Kier molecular flexibility index (Phi) is 5.60. The molecule has 1 N–H and O–H groups in total. The van der Waals surface area contributed by atoms with Gasteiger partial charge in [-0.3, -0.25) is 4.79 Å². The van der Waals surface area contributed by atoms with Crippen LogP contribution in [0.3, 0.4) is 0 Å². The largest absolute Gasteiger partial charge is 0.494 e. The van der Waals surface area contributed by atoms with Gasteiger partial charge >= 0.3 is 0 Å². The van der Waals surface area contributed by atoms with Gasteiger partial charge in [-0.15, -0.1) is 0 Å². The minimum Gasteiger partial charge on any atom is -0.494 e. The summed E-state index contributed by atoms with van der Waals surface area (Å²) in [5.74, 6) is 1.06. The molecule has 2 atom stereocenters. The number of hydrogen-bond donors (Lipinski definition) is 1. The van der Waals surface area contributed by atoms with Crippen LogP contribution in [-0.2, 0) is 0 Å².